The lowest BCUT2D eigenvalue weighted by Gasteiger charge is -2.18. The Labute approximate surface area is 201 Å². The van der Waals surface area contributed by atoms with Gasteiger partial charge in [0, 0.05) is 34.8 Å². The summed E-state index contributed by atoms with van der Waals surface area (Å²) in [4.78, 5) is 15.7. The molecule has 0 bridgehead atoms. The molecule has 4 aromatic rings. The van der Waals surface area contributed by atoms with Crippen LogP contribution in [0.5, 0.6) is 0 Å². The molecule has 2 N–H and O–H groups in total. The number of carbonyl (C=O) groups is 1. The van der Waals surface area contributed by atoms with Crippen molar-refractivity contribution in [2.24, 2.45) is 0 Å². The standard InChI is InChI=1S/C24H18F2N4O4S/c1-30(34-35(32)33)20-9-8-16-11-22(29-21(16)13-20)23(31)28-19-7-3-6-18(12-19)24(25,26)17-5-2-4-15(10-17)14-27/h2-13,29H,1H3,(H,28,31)(H,32,33)/p-1. The van der Waals surface area contributed by atoms with Crippen LogP contribution in [0.4, 0.5) is 20.2 Å². The number of anilines is 2. The van der Waals surface area contributed by atoms with Gasteiger partial charge in [0.15, 0.2) is 0 Å². The van der Waals surface area contributed by atoms with E-state index in [9.17, 15) is 13.6 Å². The van der Waals surface area contributed by atoms with Crippen molar-refractivity contribution in [3.05, 3.63) is 95.2 Å². The molecule has 178 valence electrons. The molecule has 0 aliphatic heterocycles. The Kier molecular flexibility index (Phi) is 6.61. The quantitative estimate of drug-likeness (QED) is 0.286. The lowest BCUT2D eigenvalue weighted by Crippen LogP contribution is -2.18. The van der Waals surface area contributed by atoms with Gasteiger partial charge in [-0.05, 0) is 42.5 Å². The van der Waals surface area contributed by atoms with Crippen molar-refractivity contribution in [3.63, 3.8) is 0 Å². The number of nitriles is 1. The summed E-state index contributed by atoms with van der Waals surface area (Å²) in [6.45, 7) is 0. The summed E-state index contributed by atoms with van der Waals surface area (Å²) in [6, 6.07) is 18.8. The maximum absolute atomic E-state index is 15.1. The summed E-state index contributed by atoms with van der Waals surface area (Å²) in [5, 5.41) is 13.3. The number of hydroxylamine groups is 1. The fraction of sp³-hybridized carbons (Fsp3) is 0.0833. The second-order valence-corrected chi connectivity index (χ2v) is 8.09. The summed E-state index contributed by atoms with van der Waals surface area (Å²) < 4.78 is 56.2. The lowest BCUT2D eigenvalue weighted by atomic mass is 9.98. The Morgan fingerprint density at radius 2 is 1.83 bits per heavy atom. The van der Waals surface area contributed by atoms with E-state index in [1.807, 2.05) is 6.07 Å². The maximum Gasteiger partial charge on any atom is 0.298 e. The highest BCUT2D eigenvalue weighted by Crippen LogP contribution is 2.37. The molecule has 35 heavy (non-hydrogen) atoms. The lowest BCUT2D eigenvalue weighted by molar-refractivity contribution is 0.0428. The van der Waals surface area contributed by atoms with Crippen LogP contribution in [0.2, 0.25) is 0 Å². The predicted molar refractivity (Wildman–Crippen MR) is 125 cm³/mol. The van der Waals surface area contributed by atoms with Crippen LogP contribution >= 0.6 is 0 Å². The maximum atomic E-state index is 15.1. The highest BCUT2D eigenvalue weighted by Gasteiger charge is 2.34. The van der Waals surface area contributed by atoms with Gasteiger partial charge in [0.1, 0.15) is 17.1 Å². The van der Waals surface area contributed by atoms with E-state index in [0.29, 0.717) is 16.6 Å². The van der Waals surface area contributed by atoms with Gasteiger partial charge in [-0.3, -0.25) is 4.79 Å². The number of alkyl halides is 2. The minimum absolute atomic E-state index is 0.118. The van der Waals surface area contributed by atoms with E-state index >= 15 is 8.78 Å². The molecule has 1 atom stereocenters. The molecule has 3 aromatic carbocycles. The van der Waals surface area contributed by atoms with Crippen LogP contribution < -0.4 is 10.4 Å². The topological polar surface area (TPSA) is 121 Å². The Morgan fingerprint density at radius 1 is 1.11 bits per heavy atom. The van der Waals surface area contributed by atoms with Crippen molar-refractivity contribution in [2.45, 2.75) is 5.92 Å². The fourth-order valence-electron chi connectivity index (χ4n) is 3.51. The Balaban J connectivity index is 1.56. The average molecular weight is 495 g/mol. The van der Waals surface area contributed by atoms with Crippen LogP contribution in [0.15, 0.2) is 72.8 Å². The number of aromatic amines is 1. The zero-order chi connectivity index (χ0) is 25.2. The molecule has 0 saturated heterocycles. The zero-order valence-electron chi connectivity index (χ0n) is 18.1. The van der Waals surface area contributed by atoms with Gasteiger partial charge < -0.3 is 14.9 Å². The van der Waals surface area contributed by atoms with Crippen LogP contribution in [0.1, 0.15) is 27.2 Å². The van der Waals surface area contributed by atoms with Gasteiger partial charge >= 0.3 is 0 Å². The molecule has 1 amide bonds. The monoisotopic (exact) mass is 495 g/mol. The third-order valence-corrected chi connectivity index (χ3v) is 5.57. The molecule has 1 aromatic heterocycles. The SMILES string of the molecule is CN(OS(=O)[O-])c1ccc2cc(C(=O)Nc3cccc(C(F)(F)c4cccc(C#N)c4)c3)[nH]c2c1. The molecule has 0 spiro atoms. The Morgan fingerprint density at radius 3 is 2.54 bits per heavy atom. The number of benzene rings is 3. The van der Waals surface area contributed by atoms with E-state index in [1.54, 1.807) is 24.3 Å². The van der Waals surface area contributed by atoms with Gasteiger partial charge in [0.2, 0.25) is 0 Å². The van der Waals surface area contributed by atoms with Gasteiger partial charge in [-0.1, -0.05) is 30.3 Å². The highest BCUT2D eigenvalue weighted by molar-refractivity contribution is 7.74. The summed E-state index contributed by atoms with van der Waals surface area (Å²) in [7, 11) is 1.41. The first kappa shape index (κ1) is 24.0. The summed E-state index contributed by atoms with van der Waals surface area (Å²) in [5.41, 5.74) is 0.740. The van der Waals surface area contributed by atoms with E-state index in [1.165, 1.54) is 49.5 Å². The van der Waals surface area contributed by atoms with Gasteiger partial charge in [0.05, 0.1) is 17.3 Å². The van der Waals surface area contributed by atoms with E-state index < -0.39 is 23.2 Å². The normalized spacial score (nSPS) is 12.2. The molecular weight excluding hydrogens is 478 g/mol. The molecule has 0 aliphatic rings. The van der Waals surface area contributed by atoms with Crippen LogP contribution in [0, 0.1) is 11.3 Å². The van der Waals surface area contributed by atoms with E-state index in [4.69, 9.17) is 5.26 Å². The van der Waals surface area contributed by atoms with Crippen molar-refractivity contribution >= 4 is 39.5 Å². The largest absolute Gasteiger partial charge is 0.748 e. The predicted octanol–water partition coefficient (Wildman–Crippen LogP) is 4.59. The molecule has 4 rings (SSSR count). The summed E-state index contributed by atoms with van der Waals surface area (Å²) in [5.74, 6) is -3.94. The van der Waals surface area contributed by atoms with Gasteiger partial charge in [-0.15, -0.1) is 0 Å². The number of hydrogen-bond donors (Lipinski definition) is 2. The summed E-state index contributed by atoms with van der Waals surface area (Å²) >= 11 is -2.74. The molecule has 0 saturated carbocycles. The van der Waals surface area contributed by atoms with Crippen LogP contribution in [-0.4, -0.2) is 26.7 Å². The highest BCUT2D eigenvalue weighted by atomic mass is 32.2. The third-order valence-electron chi connectivity index (χ3n) is 5.22. The number of aromatic nitrogens is 1. The fourth-order valence-corrected chi connectivity index (χ4v) is 3.78. The molecule has 1 heterocycles. The molecular formula is C24H17F2N4O4S-. The van der Waals surface area contributed by atoms with Crippen LogP contribution in [0.3, 0.4) is 0 Å². The number of H-pyrrole nitrogens is 1. The van der Waals surface area contributed by atoms with Gasteiger partial charge in [-0.25, -0.2) is 9.27 Å². The zero-order valence-corrected chi connectivity index (χ0v) is 18.9. The van der Waals surface area contributed by atoms with Gasteiger partial charge in [-0.2, -0.15) is 18.3 Å². The number of hydrogen-bond acceptors (Lipinski definition) is 6. The molecule has 8 nitrogen and oxygen atoms in total. The van der Waals surface area contributed by atoms with Crippen LogP contribution in [0.25, 0.3) is 10.9 Å². The minimum atomic E-state index is -3.38. The molecule has 1 unspecified atom stereocenters. The molecule has 11 heteroatoms. The van der Waals surface area contributed by atoms with E-state index in [-0.39, 0.29) is 28.1 Å². The number of carbonyl (C=O) groups excluding carboxylic acids is 1. The number of nitrogens with one attached hydrogen (secondary N) is 2. The smallest absolute Gasteiger partial charge is 0.298 e. The van der Waals surface area contributed by atoms with E-state index in [2.05, 4.69) is 14.6 Å². The first-order valence-electron chi connectivity index (χ1n) is 10.1. The Hall–Kier alpha value is -4.11. The number of fused-ring (bicyclic) bond motifs is 1. The molecule has 0 radical (unpaired) electrons. The van der Waals surface area contributed by atoms with Crippen molar-refractivity contribution in [1.29, 1.82) is 5.26 Å². The second-order valence-electron chi connectivity index (χ2n) is 7.53. The first-order valence-corrected chi connectivity index (χ1v) is 11.1. The van der Waals surface area contributed by atoms with Crippen molar-refractivity contribution < 1.29 is 26.6 Å². The number of amides is 1. The van der Waals surface area contributed by atoms with Crippen LogP contribution in [-0.2, 0) is 21.6 Å². The third kappa shape index (κ3) is 5.20. The van der Waals surface area contributed by atoms with E-state index in [0.717, 1.165) is 11.1 Å². The number of halogens is 2. The average Bonchev–Trinajstić information content (AvgIpc) is 3.27. The van der Waals surface area contributed by atoms with Crippen molar-refractivity contribution in [2.75, 3.05) is 17.4 Å². The van der Waals surface area contributed by atoms with Gasteiger partial charge in [0.25, 0.3) is 11.8 Å². The number of nitrogens with zero attached hydrogens (tertiary/aromatic N) is 2. The Bertz CT molecular complexity index is 1480. The number of rotatable bonds is 7. The summed E-state index contributed by atoms with van der Waals surface area (Å²) in [6.07, 6.45) is 0. The first-order chi connectivity index (χ1) is 16.7. The minimum Gasteiger partial charge on any atom is -0.748 e. The van der Waals surface area contributed by atoms with Crippen molar-refractivity contribution in [3.8, 4) is 6.07 Å². The molecule has 0 aliphatic carbocycles. The van der Waals surface area contributed by atoms with Crippen molar-refractivity contribution in [1.82, 2.24) is 4.98 Å². The second kappa shape index (κ2) is 9.63. The molecule has 0 fully saturated rings.